The van der Waals surface area contributed by atoms with Crippen LogP contribution in [0.25, 0.3) is 38.4 Å². The number of allylic oxidation sites excluding steroid dienone is 1. The molecule has 0 bridgehead atoms. The molecule has 1 atom stereocenters. The van der Waals surface area contributed by atoms with Crippen molar-refractivity contribution >= 4 is 33.2 Å². The van der Waals surface area contributed by atoms with Crippen LogP contribution in [0, 0.1) is 0 Å². The van der Waals surface area contributed by atoms with E-state index in [4.69, 9.17) is 9.15 Å². The summed E-state index contributed by atoms with van der Waals surface area (Å²) in [4.78, 5) is 15.1. The van der Waals surface area contributed by atoms with Crippen LogP contribution in [0.4, 0.5) is 0 Å². The molecule has 0 spiro atoms. The van der Waals surface area contributed by atoms with Gasteiger partial charge in [-0.3, -0.25) is 4.79 Å². The summed E-state index contributed by atoms with van der Waals surface area (Å²) in [5.41, 5.74) is 4.75. The number of hydrogen-bond donors (Lipinski definition) is 0. The smallest absolute Gasteiger partial charge is 0.247 e. The summed E-state index contributed by atoms with van der Waals surface area (Å²) in [7, 11) is 0. The molecule has 0 aliphatic carbocycles. The lowest BCUT2D eigenvalue weighted by molar-refractivity contribution is -0.129. The summed E-state index contributed by atoms with van der Waals surface area (Å²) < 4.78 is 11.9. The molecule has 0 radical (unpaired) electrons. The van der Waals surface area contributed by atoms with E-state index in [2.05, 4.69) is 55.5 Å². The summed E-state index contributed by atoms with van der Waals surface area (Å²) in [6.07, 6.45) is 6.91. The molecule has 1 aliphatic rings. The third-order valence-electron chi connectivity index (χ3n) is 6.89. The fourth-order valence-electron chi connectivity index (χ4n) is 4.99. The van der Waals surface area contributed by atoms with E-state index in [1.807, 2.05) is 31.1 Å². The van der Waals surface area contributed by atoms with Gasteiger partial charge in [-0.15, -0.1) is 0 Å². The topological polar surface area (TPSA) is 42.7 Å². The Labute approximate surface area is 200 Å². The average Bonchev–Trinajstić information content (AvgIpc) is 3.26. The number of carbonyl (C=O) groups excluding carboxylic acids is 1. The van der Waals surface area contributed by atoms with Gasteiger partial charge < -0.3 is 14.1 Å². The predicted octanol–water partition coefficient (Wildman–Crippen LogP) is 7.46. The molecule has 34 heavy (non-hydrogen) atoms. The van der Waals surface area contributed by atoms with Crippen LogP contribution in [-0.2, 0) is 4.79 Å². The number of piperidine rings is 1. The zero-order valence-electron chi connectivity index (χ0n) is 20.1. The number of hydrogen-bond acceptors (Lipinski definition) is 3. The average molecular weight is 454 g/mol. The van der Waals surface area contributed by atoms with Crippen LogP contribution in [0.3, 0.4) is 0 Å². The van der Waals surface area contributed by atoms with Gasteiger partial charge in [-0.2, -0.15) is 0 Å². The van der Waals surface area contributed by atoms with Crippen molar-refractivity contribution in [3.8, 4) is 16.9 Å². The molecule has 0 N–H and O–H groups in total. The number of likely N-dealkylation sites (tertiary alicyclic amines) is 1. The minimum absolute atomic E-state index is 0.0780. The SMILES string of the molecule is CCOc1cc2occ(-c3ccc4ccccc4c3)c2cc1/C(C)=C/C(=O)N1CCCCC1C. The molecule has 4 heteroatoms. The van der Waals surface area contributed by atoms with E-state index >= 15 is 0 Å². The quantitative estimate of drug-likeness (QED) is 0.295. The molecule has 1 amide bonds. The molecule has 174 valence electrons. The molecule has 1 saturated heterocycles. The molecule has 0 saturated carbocycles. The van der Waals surface area contributed by atoms with Gasteiger partial charge in [0, 0.05) is 41.2 Å². The van der Waals surface area contributed by atoms with Gasteiger partial charge in [0.1, 0.15) is 11.3 Å². The summed E-state index contributed by atoms with van der Waals surface area (Å²) >= 11 is 0. The summed E-state index contributed by atoms with van der Waals surface area (Å²) in [5.74, 6) is 0.817. The highest BCUT2D eigenvalue weighted by Gasteiger charge is 2.22. The van der Waals surface area contributed by atoms with E-state index in [0.29, 0.717) is 6.61 Å². The van der Waals surface area contributed by atoms with Crippen molar-refractivity contribution in [2.75, 3.05) is 13.2 Å². The van der Waals surface area contributed by atoms with Crippen molar-refractivity contribution in [3.05, 3.63) is 72.5 Å². The first-order chi connectivity index (χ1) is 16.5. The molecule has 1 fully saturated rings. The lowest BCUT2D eigenvalue weighted by Gasteiger charge is -2.32. The highest BCUT2D eigenvalue weighted by Crippen LogP contribution is 2.38. The highest BCUT2D eigenvalue weighted by molar-refractivity contribution is 6.01. The van der Waals surface area contributed by atoms with Crippen molar-refractivity contribution < 1.29 is 13.9 Å². The van der Waals surface area contributed by atoms with Crippen LogP contribution in [-0.4, -0.2) is 30.0 Å². The van der Waals surface area contributed by atoms with Crippen LogP contribution in [0.5, 0.6) is 5.75 Å². The number of benzene rings is 3. The highest BCUT2D eigenvalue weighted by atomic mass is 16.5. The molecule has 1 unspecified atom stereocenters. The Bertz CT molecular complexity index is 1380. The maximum atomic E-state index is 13.1. The van der Waals surface area contributed by atoms with Crippen molar-refractivity contribution in [1.82, 2.24) is 4.90 Å². The van der Waals surface area contributed by atoms with Gasteiger partial charge in [0.2, 0.25) is 5.91 Å². The first-order valence-electron chi connectivity index (χ1n) is 12.2. The van der Waals surface area contributed by atoms with Gasteiger partial charge in [-0.05, 0) is 74.1 Å². The number of rotatable bonds is 5. The number of carbonyl (C=O) groups is 1. The Morgan fingerprint density at radius 2 is 1.94 bits per heavy atom. The van der Waals surface area contributed by atoms with Crippen LogP contribution < -0.4 is 4.74 Å². The maximum Gasteiger partial charge on any atom is 0.247 e. The third kappa shape index (κ3) is 4.21. The Balaban J connectivity index is 1.57. The Hall–Kier alpha value is -3.53. The van der Waals surface area contributed by atoms with Gasteiger partial charge in [0.05, 0.1) is 12.9 Å². The molecule has 4 nitrogen and oxygen atoms in total. The van der Waals surface area contributed by atoms with Crippen molar-refractivity contribution in [3.63, 3.8) is 0 Å². The fraction of sp³-hybridized carbons (Fsp3) is 0.300. The maximum absolute atomic E-state index is 13.1. The van der Waals surface area contributed by atoms with Crippen LogP contribution >= 0.6 is 0 Å². The monoisotopic (exact) mass is 453 g/mol. The fourth-order valence-corrected chi connectivity index (χ4v) is 4.99. The van der Waals surface area contributed by atoms with E-state index < -0.39 is 0 Å². The Kier molecular flexibility index (Phi) is 6.14. The van der Waals surface area contributed by atoms with E-state index in [0.717, 1.165) is 58.4 Å². The van der Waals surface area contributed by atoms with Gasteiger partial charge in [-0.1, -0.05) is 36.4 Å². The van der Waals surface area contributed by atoms with E-state index in [-0.39, 0.29) is 11.9 Å². The molecule has 5 rings (SSSR count). The largest absolute Gasteiger partial charge is 0.493 e. The predicted molar refractivity (Wildman–Crippen MR) is 139 cm³/mol. The van der Waals surface area contributed by atoms with E-state index in [1.165, 1.54) is 17.2 Å². The summed E-state index contributed by atoms with van der Waals surface area (Å²) in [5, 5.41) is 3.42. The second-order valence-electron chi connectivity index (χ2n) is 9.19. The molecule has 3 aromatic carbocycles. The molecule has 1 aromatic heterocycles. The first kappa shape index (κ1) is 22.3. The Morgan fingerprint density at radius 3 is 2.74 bits per heavy atom. The molecular formula is C30H31NO3. The number of furan rings is 1. The second kappa shape index (κ2) is 9.38. The number of amides is 1. The first-order valence-corrected chi connectivity index (χ1v) is 12.2. The van der Waals surface area contributed by atoms with Gasteiger partial charge in [-0.25, -0.2) is 0 Å². The lowest BCUT2D eigenvalue weighted by Crippen LogP contribution is -2.41. The van der Waals surface area contributed by atoms with Gasteiger partial charge in [0.15, 0.2) is 0 Å². The standard InChI is InChI=1S/C30H31NO3/c1-4-33-28-18-29-26(17-25(28)20(2)15-30(32)31-14-8-7-9-21(31)3)27(19-34-29)24-13-12-22-10-5-6-11-23(22)16-24/h5-6,10-13,15-19,21H,4,7-9,14H2,1-3H3/b20-15+. The normalized spacial score (nSPS) is 16.9. The molecular weight excluding hydrogens is 422 g/mol. The minimum atomic E-state index is 0.0780. The van der Waals surface area contributed by atoms with E-state index in [1.54, 1.807) is 6.08 Å². The van der Waals surface area contributed by atoms with Crippen LogP contribution in [0.15, 0.2) is 71.4 Å². The molecule has 1 aliphatic heterocycles. The summed E-state index contributed by atoms with van der Waals surface area (Å²) in [6.45, 7) is 7.47. The number of fused-ring (bicyclic) bond motifs is 2. The minimum Gasteiger partial charge on any atom is -0.493 e. The zero-order valence-corrected chi connectivity index (χ0v) is 20.1. The number of nitrogens with zero attached hydrogens (tertiary/aromatic N) is 1. The van der Waals surface area contributed by atoms with Crippen molar-refractivity contribution in [2.24, 2.45) is 0 Å². The molecule has 4 aromatic rings. The number of ether oxygens (including phenoxy) is 1. The summed E-state index contributed by atoms with van der Waals surface area (Å²) in [6, 6.07) is 19.2. The van der Waals surface area contributed by atoms with E-state index in [9.17, 15) is 4.79 Å². The third-order valence-corrected chi connectivity index (χ3v) is 6.89. The van der Waals surface area contributed by atoms with Gasteiger partial charge >= 0.3 is 0 Å². The van der Waals surface area contributed by atoms with Gasteiger partial charge in [0.25, 0.3) is 0 Å². The Morgan fingerprint density at radius 1 is 1.12 bits per heavy atom. The van der Waals surface area contributed by atoms with Crippen LogP contribution in [0.2, 0.25) is 0 Å². The van der Waals surface area contributed by atoms with Crippen molar-refractivity contribution in [1.29, 1.82) is 0 Å². The second-order valence-corrected chi connectivity index (χ2v) is 9.19. The van der Waals surface area contributed by atoms with Crippen molar-refractivity contribution in [2.45, 2.75) is 46.1 Å². The zero-order chi connectivity index (χ0) is 23.7. The lowest BCUT2D eigenvalue weighted by atomic mass is 9.97. The molecule has 2 heterocycles. The van der Waals surface area contributed by atoms with Crippen LogP contribution in [0.1, 0.15) is 45.6 Å².